The van der Waals surface area contributed by atoms with Crippen LogP contribution in [0.15, 0.2) is 59.3 Å². The van der Waals surface area contributed by atoms with E-state index in [0.29, 0.717) is 41.3 Å². The van der Waals surface area contributed by atoms with E-state index in [0.717, 1.165) is 17.5 Å². The number of allylic oxidation sites excluding steroid dienone is 1. The van der Waals surface area contributed by atoms with Crippen LogP contribution in [0.3, 0.4) is 0 Å². The number of hydrogen-bond acceptors (Lipinski definition) is 5. The fraction of sp³-hybridized carbons (Fsp3) is 0.308. The minimum atomic E-state index is -0.513. The second kappa shape index (κ2) is 10.2. The zero-order valence-electron chi connectivity index (χ0n) is 19.2. The number of amides is 1. The lowest BCUT2D eigenvalue weighted by molar-refractivity contribution is -0.136. The monoisotopic (exact) mass is 435 g/mol. The third-order valence-electron chi connectivity index (χ3n) is 5.67. The molecule has 0 saturated carbocycles. The third kappa shape index (κ3) is 4.69. The molecule has 0 radical (unpaired) electrons. The quantitative estimate of drug-likeness (QED) is 0.460. The molecule has 32 heavy (non-hydrogen) atoms. The molecule has 0 spiro atoms. The Labute approximate surface area is 189 Å². The van der Waals surface area contributed by atoms with Crippen molar-refractivity contribution in [3.63, 3.8) is 0 Å². The van der Waals surface area contributed by atoms with Gasteiger partial charge in [-0.05, 0) is 54.7 Å². The number of nitrogens with zero attached hydrogens (tertiary/aromatic N) is 1. The first-order valence-corrected chi connectivity index (χ1v) is 10.6. The van der Waals surface area contributed by atoms with Gasteiger partial charge >= 0.3 is 5.97 Å². The number of ether oxygens (including phenoxy) is 3. The Morgan fingerprint density at radius 1 is 0.969 bits per heavy atom. The van der Waals surface area contributed by atoms with Crippen molar-refractivity contribution in [2.75, 3.05) is 27.9 Å². The average molecular weight is 436 g/mol. The summed E-state index contributed by atoms with van der Waals surface area (Å²) in [5.74, 6) is 0.567. The summed E-state index contributed by atoms with van der Waals surface area (Å²) < 4.78 is 15.6. The van der Waals surface area contributed by atoms with Crippen molar-refractivity contribution in [2.24, 2.45) is 0 Å². The number of esters is 1. The van der Waals surface area contributed by atoms with Crippen LogP contribution >= 0.6 is 0 Å². The summed E-state index contributed by atoms with van der Waals surface area (Å²) in [6, 6.07) is 13.6. The SMILES string of the molecule is CCc1ccc(/C=C2\C(=O)N(CCc3ccc(OC)c(OC)c3)C(C)=C2C(=O)OC)cc1. The second-order valence-electron chi connectivity index (χ2n) is 7.50. The molecular formula is C26H29NO5. The van der Waals surface area contributed by atoms with E-state index in [2.05, 4.69) is 6.92 Å². The molecule has 3 rings (SSSR count). The van der Waals surface area contributed by atoms with Crippen LogP contribution in [0.1, 0.15) is 30.5 Å². The van der Waals surface area contributed by atoms with Gasteiger partial charge in [-0.1, -0.05) is 37.3 Å². The van der Waals surface area contributed by atoms with Crippen molar-refractivity contribution in [1.82, 2.24) is 4.90 Å². The van der Waals surface area contributed by atoms with E-state index in [1.165, 1.54) is 12.7 Å². The molecular weight excluding hydrogens is 406 g/mol. The third-order valence-corrected chi connectivity index (χ3v) is 5.67. The van der Waals surface area contributed by atoms with Crippen LogP contribution in [0.2, 0.25) is 0 Å². The van der Waals surface area contributed by atoms with E-state index >= 15 is 0 Å². The summed E-state index contributed by atoms with van der Waals surface area (Å²) in [7, 11) is 4.50. The number of carbonyl (C=O) groups is 2. The van der Waals surface area contributed by atoms with Crippen LogP contribution < -0.4 is 9.47 Å². The maximum atomic E-state index is 13.3. The molecule has 0 aromatic heterocycles. The van der Waals surface area contributed by atoms with Gasteiger partial charge in [-0.3, -0.25) is 4.79 Å². The minimum Gasteiger partial charge on any atom is -0.493 e. The average Bonchev–Trinajstić information content (AvgIpc) is 3.06. The Kier molecular flexibility index (Phi) is 7.36. The van der Waals surface area contributed by atoms with Gasteiger partial charge in [0.1, 0.15) is 0 Å². The predicted molar refractivity (Wildman–Crippen MR) is 123 cm³/mol. The van der Waals surface area contributed by atoms with Crippen LogP contribution in [0.25, 0.3) is 6.08 Å². The molecule has 1 amide bonds. The second-order valence-corrected chi connectivity index (χ2v) is 7.50. The highest BCUT2D eigenvalue weighted by Gasteiger charge is 2.36. The summed E-state index contributed by atoms with van der Waals surface area (Å²) >= 11 is 0. The summed E-state index contributed by atoms with van der Waals surface area (Å²) in [6.07, 6.45) is 3.29. The van der Waals surface area contributed by atoms with E-state index in [-0.39, 0.29) is 5.91 Å². The van der Waals surface area contributed by atoms with Crippen molar-refractivity contribution in [3.05, 3.63) is 76.0 Å². The van der Waals surface area contributed by atoms with Gasteiger partial charge in [0.05, 0.1) is 32.5 Å². The molecule has 168 valence electrons. The smallest absolute Gasteiger partial charge is 0.340 e. The van der Waals surface area contributed by atoms with Crippen molar-refractivity contribution in [2.45, 2.75) is 26.7 Å². The van der Waals surface area contributed by atoms with Gasteiger partial charge in [0.2, 0.25) is 0 Å². The van der Waals surface area contributed by atoms with Crippen molar-refractivity contribution < 1.29 is 23.8 Å². The minimum absolute atomic E-state index is 0.206. The summed E-state index contributed by atoms with van der Waals surface area (Å²) in [4.78, 5) is 27.4. The van der Waals surface area contributed by atoms with E-state index in [1.54, 1.807) is 32.1 Å². The zero-order chi connectivity index (χ0) is 23.3. The fourth-order valence-electron chi connectivity index (χ4n) is 3.79. The van der Waals surface area contributed by atoms with Crippen molar-refractivity contribution in [1.29, 1.82) is 0 Å². The molecule has 1 aliphatic rings. The molecule has 6 nitrogen and oxygen atoms in total. The Morgan fingerprint density at radius 2 is 1.62 bits per heavy atom. The van der Waals surface area contributed by atoms with Crippen molar-refractivity contribution in [3.8, 4) is 11.5 Å². The molecule has 0 aliphatic carbocycles. The van der Waals surface area contributed by atoms with Gasteiger partial charge in [0, 0.05) is 12.2 Å². The number of hydrogen-bond donors (Lipinski definition) is 0. The number of rotatable bonds is 8. The molecule has 6 heteroatoms. The van der Waals surface area contributed by atoms with Gasteiger partial charge in [0.25, 0.3) is 5.91 Å². The topological polar surface area (TPSA) is 65.1 Å². The summed E-state index contributed by atoms with van der Waals surface area (Å²) in [5, 5.41) is 0. The van der Waals surface area contributed by atoms with Gasteiger partial charge in [0.15, 0.2) is 11.5 Å². The normalized spacial score (nSPS) is 14.8. The van der Waals surface area contributed by atoms with Crippen LogP contribution in [0, 0.1) is 0 Å². The van der Waals surface area contributed by atoms with Gasteiger partial charge in [-0.2, -0.15) is 0 Å². The van der Waals surface area contributed by atoms with E-state index < -0.39 is 5.97 Å². The first-order chi connectivity index (χ1) is 15.4. The Morgan fingerprint density at radius 3 is 2.22 bits per heavy atom. The molecule has 0 N–H and O–H groups in total. The molecule has 1 aliphatic heterocycles. The Hall–Kier alpha value is -3.54. The zero-order valence-corrected chi connectivity index (χ0v) is 19.2. The first-order valence-electron chi connectivity index (χ1n) is 10.6. The molecule has 1 heterocycles. The molecule has 0 unspecified atom stereocenters. The van der Waals surface area contributed by atoms with Gasteiger partial charge in [-0.15, -0.1) is 0 Å². The maximum Gasteiger partial charge on any atom is 0.340 e. The molecule has 2 aromatic rings. The number of benzene rings is 2. The van der Waals surface area contributed by atoms with E-state index in [1.807, 2.05) is 42.5 Å². The van der Waals surface area contributed by atoms with E-state index in [9.17, 15) is 9.59 Å². The van der Waals surface area contributed by atoms with E-state index in [4.69, 9.17) is 14.2 Å². The molecule has 0 fully saturated rings. The molecule has 0 saturated heterocycles. The highest BCUT2D eigenvalue weighted by Crippen LogP contribution is 2.33. The van der Waals surface area contributed by atoms with Gasteiger partial charge in [-0.25, -0.2) is 4.79 Å². The highest BCUT2D eigenvalue weighted by molar-refractivity contribution is 6.16. The lowest BCUT2D eigenvalue weighted by atomic mass is 10.0. The Balaban J connectivity index is 1.88. The maximum absolute atomic E-state index is 13.3. The van der Waals surface area contributed by atoms with Crippen LogP contribution in [0.5, 0.6) is 11.5 Å². The summed E-state index contributed by atoms with van der Waals surface area (Å²) in [6.45, 7) is 4.29. The lowest BCUT2D eigenvalue weighted by Crippen LogP contribution is -2.27. The largest absolute Gasteiger partial charge is 0.493 e. The first kappa shape index (κ1) is 23.1. The standard InChI is InChI=1S/C26H29NO5/c1-6-18-7-9-19(10-8-18)15-21-24(26(29)32-5)17(2)27(25(21)28)14-13-20-11-12-22(30-3)23(16-20)31-4/h7-12,15-16H,6,13-14H2,1-5H3/b21-15-. The summed E-state index contributed by atoms with van der Waals surface area (Å²) in [5.41, 5.74) is 4.33. The lowest BCUT2D eigenvalue weighted by Gasteiger charge is -2.18. The highest BCUT2D eigenvalue weighted by atomic mass is 16.5. The molecule has 2 aromatic carbocycles. The fourth-order valence-corrected chi connectivity index (χ4v) is 3.79. The van der Waals surface area contributed by atoms with Crippen LogP contribution in [-0.2, 0) is 27.2 Å². The number of carbonyl (C=O) groups excluding carboxylic acids is 2. The number of methoxy groups -OCH3 is 3. The predicted octanol–water partition coefficient (Wildman–Crippen LogP) is 4.18. The molecule has 0 atom stereocenters. The van der Waals surface area contributed by atoms with Crippen molar-refractivity contribution >= 4 is 18.0 Å². The number of aryl methyl sites for hydroxylation is 1. The molecule has 0 bridgehead atoms. The van der Waals surface area contributed by atoms with Gasteiger partial charge < -0.3 is 19.1 Å². The Bertz CT molecular complexity index is 1070. The van der Waals surface area contributed by atoms with Crippen LogP contribution in [0.4, 0.5) is 0 Å². The van der Waals surface area contributed by atoms with Crippen LogP contribution in [-0.4, -0.2) is 44.7 Å².